The summed E-state index contributed by atoms with van der Waals surface area (Å²) in [5.74, 6) is 0.627. The van der Waals surface area contributed by atoms with Crippen LogP contribution in [0, 0.1) is 6.92 Å². The zero-order valence-electron chi connectivity index (χ0n) is 20.5. The fourth-order valence-corrected chi connectivity index (χ4v) is 4.56. The van der Waals surface area contributed by atoms with Crippen LogP contribution in [-0.4, -0.2) is 37.0 Å². The first kappa shape index (κ1) is 24.4. The SMILES string of the molecule is COc1ccc([C@@H](C(=O)NC2CCCC2)N(Cc2ccc(C)cc2)C(=O)c2ccco2)cc1OC. The number of hydrogen-bond donors (Lipinski definition) is 1. The minimum absolute atomic E-state index is 0.102. The van der Waals surface area contributed by atoms with Crippen molar-refractivity contribution in [1.82, 2.24) is 10.2 Å². The minimum Gasteiger partial charge on any atom is -0.493 e. The fraction of sp³-hybridized carbons (Fsp3) is 0.357. The topological polar surface area (TPSA) is 81.0 Å². The summed E-state index contributed by atoms with van der Waals surface area (Å²) in [5.41, 5.74) is 2.66. The molecule has 1 aromatic heterocycles. The molecule has 0 radical (unpaired) electrons. The highest BCUT2D eigenvalue weighted by Gasteiger charge is 2.35. The summed E-state index contributed by atoms with van der Waals surface area (Å²) in [6.07, 6.45) is 5.51. The third kappa shape index (κ3) is 5.67. The number of rotatable bonds is 9. The highest BCUT2D eigenvalue weighted by molar-refractivity contribution is 5.96. The molecule has 0 aliphatic heterocycles. The number of benzene rings is 2. The van der Waals surface area contributed by atoms with Gasteiger partial charge in [0, 0.05) is 12.6 Å². The number of nitrogens with one attached hydrogen (secondary N) is 1. The molecule has 0 saturated heterocycles. The maximum atomic E-state index is 13.8. The van der Waals surface area contributed by atoms with Crippen molar-refractivity contribution in [1.29, 1.82) is 0 Å². The van der Waals surface area contributed by atoms with Crippen LogP contribution < -0.4 is 14.8 Å². The molecule has 1 heterocycles. The molecule has 1 aliphatic carbocycles. The summed E-state index contributed by atoms with van der Waals surface area (Å²) in [7, 11) is 3.11. The van der Waals surface area contributed by atoms with Crippen molar-refractivity contribution in [3.05, 3.63) is 83.3 Å². The van der Waals surface area contributed by atoms with Crippen LogP contribution >= 0.6 is 0 Å². The molecule has 4 rings (SSSR count). The van der Waals surface area contributed by atoms with Gasteiger partial charge in [-0.2, -0.15) is 0 Å². The quantitative estimate of drug-likeness (QED) is 0.468. The van der Waals surface area contributed by atoms with E-state index >= 15 is 0 Å². The van der Waals surface area contributed by atoms with Gasteiger partial charge in [-0.3, -0.25) is 9.59 Å². The van der Waals surface area contributed by atoms with Crippen LogP contribution in [0.5, 0.6) is 11.5 Å². The first-order valence-corrected chi connectivity index (χ1v) is 11.9. The van der Waals surface area contributed by atoms with Gasteiger partial charge >= 0.3 is 0 Å². The zero-order chi connectivity index (χ0) is 24.8. The first-order chi connectivity index (χ1) is 17.0. The third-order valence-corrected chi connectivity index (χ3v) is 6.45. The van der Waals surface area contributed by atoms with Crippen molar-refractivity contribution in [2.45, 2.75) is 51.2 Å². The number of carbonyl (C=O) groups is 2. The lowest BCUT2D eigenvalue weighted by Crippen LogP contribution is -2.45. The molecule has 35 heavy (non-hydrogen) atoms. The Kier molecular flexibility index (Phi) is 7.75. The average molecular weight is 477 g/mol. The third-order valence-electron chi connectivity index (χ3n) is 6.45. The van der Waals surface area contributed by atoms with E-state index < -0.39 is 6.04 Å². The van der Waals surface area contributed by atoms with E-state index in [4.69, 9.17) is 13.9 Å². The van der Waals surface area contributed by atoms with Gasteiger partial charge in [0.25, 0.3) is 5.91 Å². The number of amides is 2. The Morgan fingerprint density at radius 1 is 1.03 bits per heavy atom. The maximum Gasteiger partial charge on any atom is 0.290 e. The lowest BCUT2D eigenvalue weighted by Gasteiger charge is -2.32. The van der Waals surface area contributed by atoms with E-state index in [0.717, 1.165) is 36.8 Å². The van der Waals surface area contributed by atoms with Crippen molar-refractivity contribution < 1.29 is 23.5 Å². The molecule has 7 heteroatoms. The van der Waals surface area contributed by atoms with Crippen molar-refractivity contribution in [3.8, 4) is 11.5 Å². The normalized spacial score (nSPS) is 14.4. The Morgan fingerprint density at radius 2 is 1.74 bits per heavy atom. The van der Waals surface area contributed by atoms with Gasteiger partial charge in [-0.25, -0.2) is 0 Å². The second kappa shape index (κ2) is 11.1. The predicted molar refractivity (Wildman–Crippen MR) is 132 cm³/mol. The van der Waals surface area contributed by atoms with E-state index in [0.29, 0.717) is 17.1 Å². The van der Waals surface area contributed by atoms with Crippen molar-refractivity contribution in [2.75, 3.05) is 14.2 Å². The number of hydrogen-bond acceptors (Lipinski definition) is 5. The summed E-state index contributed by atoms with van der Waals surface area (Å²) in [6, 6.07) is 15.7. The van der Waals surface area contributed by atoms with Crippen LogP contribution in [0.4, 0.5) is 0 Å². The van der Waals surface area contributed by atoms with Gasteiger partial charge in [-0.1, -0.05) is 48.7 Å². The Balaban J connectivity index is 1.78. The van der Waals surface area contributed by atoms with E-state index in [2.05, 4.69) is 5.32 Å². The molecular formula is C28H32N2O5. The molecule has 0 unspecified atom stereocenters. The number of nitrogens with zero attached hydrogens (tertiary/aromatic N) is 1. The van der Waals surface area contributed by atoms with Crippen LogP contribution in [0.1, 0.15) is 59.0 Å². The van der Waals surface area contributed by atoms with Crippen LogP contribution in [0.3, 0.4) is 0 Å². The highest BCUT2D eigenvalue weighted by Crippen LogP contribution is 2.34. The van der Waals surface area contributed by atoms with Crippen molar-refractivity contribution in [2.24, 2.45) is 0 Å². The molecule has 0 spiro atoms. The Labute approximate surface area is 206 Å². The van der Waals surface area contributed by atoms with Crippen LogP contribution in [0.15, 0.2) is 65.3 Å². The van der Waals surface area contributed by atoms with Crippen molar-refractivity contribution >= 4 is 11.8 Å². The maximum absolute atomic E-state index is 13.8. The molecular weight excluding hydrogens is 444 g/mol. The number of furan rings is 1. The zero-order valence-corrected chi connectivity index (χ0v) is 20.5. The standard InChI is InChI=1S/C28H32N2O5/c1-19-10-12-20(13-11-19)18-30(28(32)24-9-6-16-35-24)26(27(31)29-22-7-4-5-8-22)21-14-15-23(33-2)25(17-21)34-3/h6,9-17,22,26H,4-5,7-8,18H2,1-3H3,(H,29,31)/t26-/m0/s1. The van der Waals surface area contributed by atoms with E-state index in [1.165, 1.54) is 6.26 Å². The molecule has 0 bridgehead atoms. The molecule has 2 aromatic carbocycles. The first-order valence-electron chi connectivity index (χ1n) is 11.9. The highest BCUT2D eigenvalue weighted by atomic mass is 16.5. The summed E-state index contributed by atoms with van der Waals surface area (Å²) in [4.78, 5) is 29.1. The molecule has 1 fully saturated rings. The van der Waals surface area contributed by atoms with Crippen molar-refractivity contribution in [3.63, 3.8) is 0 Å². The van der Waals surface area contributed by atoms with Gasteiger partial charge in [-0.15, -0.1) is 0 Å². The van der Waals surface area contributed by atoms with Crippen LogP contribution in [-0.2, 0) is 11.3 Å². The van der Waals surface area contributed by atoms with E-state index in [-0.39, 0.29) is 30.2 Å². The van der Waals surface area contributed by atoms with Crippen LogP contribution in [0.2, 0.25) is 0 Å². The molecule has 184 valence electrons. The van der Waals surface area contributed by atoms with Gasteiger partial charge in [-0.05, 0) is 55.2 Å². The number of aryl methyl sites for hydroxylation is 1. The summed E-state index contributed by atoms with van der Waals surface area (Å²) in [5, 5.41) is 3.18. The Morgan fingerprint density at radius 3 is 2.37 bits per heavy atom. The van der Waals surface area contributed by atoms with Gasteiger partial charge in [0.05, 0.1) is 20.5 Å². The second-order valence-corrected chi connectivity index (χ2v) is 8.90. The molecule has 1 saturated carbocycles. The van der Waals surface area contributed by atoms with Gasteiger partial charge < -0.3 is 24.1 Å². The predicted octanol–water partition coefficient (Wildman–Crippen LogP) is 5.05. The summed E-state index contributed by atoms with van der Waals surface area (Å²) >= 11 is 0. The molecule has 2 amide bonds. The van der Waals surface area contributed by atoms with E-state index in [9.17, 15) is 9.59 Å². The molecule has 1 atom stereocenters. The lowest BCUT2D eigenvalue weighted by atomic mass is 10.0. The average Bonchev–Trinajstić information content (AvgIpc) is 3.59. The number of methoxy groups -OCH3 is 2. The lowest BCUT2D eigenvalue weighted by molar-refractivity contribution is -0.126. The van der Waals surface area contributed by atoms with E-state index in [1.807, 2.05) is 31.2 Å². The second-order valence-electron chi connectivity index (χ2n) is 8.90. The smallest absolute Gasteiger partial charge is 0.290 e. The molecule has 7 nitrogen and oxygen atoms in total. The Bertz CT molecular complexity index is 1130. The number of carbonyl (C=O) groups excluding carboxylic acids is 2. The molecule has 1 N–H and O–H groups in total. The largest absolute Gasteiger partial charge is 0.493 e. The minimum atomic E-state index is -0.894. The number of ether oxygens (including phenoxy) is 2. The fourth-order valence-electron chi connectivity index (χ4n) is 4.56. The van der Waals surface area contributed by atoms with Crippen LogP contribution in [0.25, 0.3) is 0 Å². The van der Waals surface area contributed by atoms with E-state index in [1.54, 1.807) is 49.5 Å². The molecule has 1 aliphatic rings. The van der Waals surface area contributed by atoms with Gasteiger partial charge in [0.15, 0.2) is 17.3 Å². The van der Waals surface area contributed by atoms with Gasteiger partial charge in [0.1, 0.15) is 6.04 Å². The Hall–Kier alpha value is -3.74. The molecule has 3 aromatic rings. The summed E-state index contributed by atoms with van der Waals surface area (Å²) in [6.45, 7) is 2.24. The summed E-state index contributed by atoms with van der Waals surface area (Å²) < 4.78 is 16.3. The monoisotopic (exact) mass is 476 g/mol. The van der Waals surface area contributed by atoms with Gasteiger partial charge in [0.2, 0.25) is 5.91 Å².